The van der Waals surface area contributed by atoms with Gasteiger partial charge in [-0.3, -0.25) is 9.48 Å². The summed E-state index contributed by atoms with van der Waals surface area (Å²) in [4.78, 5) is 29.3. The molecule has 3 rings (SSSR count). The number of carbonyl (C=O) groups excluding carboxylic acids is 2. The highest BCUT2D eigenvalue weighted by atomic mass is 32.1. The molecule has 2 heterocycles. The van der Waals surface area contributed by atoms with Crippen LogP contribution in [0, 0.1) is 6.92 Å². The zero-order valence-corrected chi connectivity index (χ0v) is 16.0. The standard InChI is InChI=1S/C19H20N4O3S/c1-3-26-18(25)17-16(14-7-5-4-6-8-14)22-19(27-17)21-15(24)9-10-23-12-13(2)11-20-23/h4-8,11-12H,3,9-10H2,1-2H3,(H,21,22,24). The van der Waals surface area contributed by atoms with E-state index in [2.05, 4.69) is 15.4 Å². The van der Waals surface area contributed by atoms with Gasteiger partial charge in [0.25, 0.3) is 0 Å². The molecule has 0 fully saturated rings. The lowest BCUT2D eigenvalue weighted by atomic mass is 10.1. The first-order valence-electron chi connectivity index (χ1n) is 8.59. The van der Waals surface area contributed by atoms with E-state index in [0.717, 1.165) is 22.5 Å². The van der Waals surface area contributed by atoms with Gasteiger partial charge < -0.3 is 10.1 Å². The van der Waals surface area contributed by atoms with Crippen molar-refractivity contribution in [3.05, 3.63) is 53.2 Å². The predicted octanol–water partition coefficient (Wildman–Crippen LogP) is 3.52. The van der Waals surface area contributed by atoms with E-state index < -0.39 is 5.97 Å². The van der Waals surface area contributed by atoms with Crippen molar-refractivity contribution in [2.75, 3.05) is 11.9 Å². The molecule has 2 aromatic heterocycles. The number of aromatic nitrogens is 3. The van der Waals surface area contributed by atoms with E-state index in [-0.39, 0.29) is 18.9 Å². The number of ether oxygens (including phenoxy) is 1. The minimum absolute atomic E-state index is 0.188. The maximum absolute atomic E-state index is 12.3. The Bertz CT molecular complexity index is 934. The second-order valence-electron chi connectivity index (χ2n) is 5.86. The maximum Gasteiger partial charge on any atom is 0.350 e. The van der Waals surface area contributed by atoms with Crippen LogP contribution in [0.4, 0.5) is 5.13 Å². The first kappa shape index (κ1) is 18.8. The minimum Gasteiger partial charge on any atom is -0.462 e. The van der Waals surface area contributed by atoms with Crippen molar-refractivity contribution in [3.8, 4) is 11.3 Å². The van der Waals surface area contributed by atoms with Crippen LogP contribution in [0.15, 0.2) is 42.7 Å². The van der Waals surface area contributed by atoms with E-state index in [9.17, 15) is 9.59 Å². The van der Waals surface area contributed by atoms with Crippen molar-refractivity contribution in [1.82, 2.24) is 14.8 Å². The van der Waals surface area contributed by atoms with E-state index in [1.54, 1.807) is 17.8 Å². The molecule has 0 unspecified atom stereocenters. The Hall–Kier alpha value is -3.00. The summed E-state index contributed by atoms with van der Waals surface area (Å²) in [6, 6.07) is 9.36. The molecule has 0 saturated heterocycles. The number of nitrogens with zero attached hydrogens (tertiary/aromatic N) is 3. The number of thiazole rings is 1. The topological polar surface area (TPSA) is 86.1 Å². The SMILES string of the molecule is CCOC(=O)c1sc(NC(=O)CCn2cc(C)cn2)nc1-c1ccccc1. The first-order chi connectivity index (χ1) is 13.1. The Morgan fingerprint density at radius 1 is 1.26 bits per heavy atom. The largest absolute Gasteiger partial charge is 0.462 e. The molecule has 3 aromatic rings. The van der Waals surface area contributed by atoms with E-state index >= 15 is 0 Å². The minimum atomic E-state index is -0.443. The summed E-state index contributed by atoms with van der Waals surface area (Å²) < 4.78 is 6.84. The monoisotopic (exact) mass is 384 g/mol. The van der Waals surface area contributed by atoms with Gasteiger partial charge in [0.05, 0.1) is 18.5 Å². The number of hydrogen-bond donors (Lipinski definition) is 1. The summed E-state index contributed by atoms with van der Waals surface area (Å²) in [6.45, 7) is 4.44. The van der Waals surface area contributed by atoms with Crippen LogP contribution in [-0.2, 0) is 16.1 Å². The molecule has 8 heteroatoms. The average molecular weight is 384 g/mol. The molecule has 1 N–H and O–H groups in total. The second kappa shape index (κ2) is 8.59. The average Bonchev–Trinajstić information content (AvgIpc) is 3.27. The Morgan fingerprint density at radius 3 is 2.70 bits per heavy atom. The highest BCUT2D eigenvalue weighted by molar-refractivity contribution is 7.18. The van der Waals surface area contributed by atoms with Gasteiger partial charge in [-0.2, -0.15) is 5.10 Å². The van der Waals surface area contributed by atoms with Crippen molar-refractivity contribution in [2.45, 2.75) is 26.8 Å². The zero-order chi connectivity index (χ0) is 19.2. The third kappa shape index (κ3) is 4.79. The van der Waals surface area contributed by atoms with Crippen LogP contribution in [0.3, 0.4) is 0 Å². The summed E-state index contributed by atoms with van der Waals surface area (Å²) in [5.41, 5.74) is 2.35. The molecule has 0 atom stereocenters. The van der Waals surface area contributed by atoms with Crippen LogP contribution in [0.1, 0.15) is 28.6 Å². The summed E-state index contributed by atoms with van der Waals surface area (Å²) >= 11 is 1.12. The smallest absolute Gasteiger partial charge is 0.350 e. The van der Waals surface area contributed by atoms with Gasteiger partial charge in [0.1, 0.15) is 4.88 Å². The Kier molecular flexibility index (Phi) is 5.97. The van der Waals surface area contributed by atoms with Crippen molar-refractivity contribution in [1.29, 1.82) is 0 Å². The number of esters is 1. The first-order valence-corrected chi connectivity index (χ1v) is 9.40. The number of carbonyl (C=O) groups is 2. The predicted molar refractivity (Wildman–Crippen MR) is 104 cm³/mol. The van der Waals surface area contributed by atoms with E-state index in [4.69, 9.17) is 4.74 Å². The molecule has 0 saturated carbocycles. The van der Waals surface area contributed by atoms with Crippen molar-refractivity contribution >= 4 is 28.3 Å². The lowest BCUT2D eigenvalue weighted by molar-refractivity contribution is -0.116. The molecule has 140 valence electrons. The fraction of sp³-hybridized carbons (Fsp3) is 0.263. The Balaban J connectivity index is 1.75. The quantitative estimate of drug-likeness (QED) is 0.630. The van der Waals surface area contributed by atoms with Crippen molar-refractivity contribution in [3.63, 3.8) is 0 Å². The number of rotatable bonds is 7. The number of benzene rings is 1. The van der Waals surface area contributed by atoms with Crippen LogP contribution in [0.2, 0.25) is 0 Å². The van der Waals surface area contributed by atoms with E-state index in [1.165, 1.54) is 0 Å². The number of nitrogens with one attached hydrogen (secondary N) is 1. The fourth-order valence-electron chi connectivity index (χ4n) is 2.49. The molecule has 0 spiro atoms. The molecule has 0 bridgehead atoms. The van der Waals surface area contributed by atoms with Gasteiger partial charge >= 0.3 is 5.97 Å². The molecule has 0 aliphatic heterocycles. The van der Waals surface area contributed by atoms with Gasteiger partial charge in [0, 0.05) is 24.7 Å². The highest BCUT2D eigenvalue weighted by Gasteiger charge is 2.21. The lowest BCUT2D eigenvalue weighted by Gasteiger charge is -2.02. The molecular weight excluding hydrogens is 364 g/mol. The van der Waals surface area contributed by atoms with Crippen molar-refractivity contribution < 1.29 is 14.3 Å². The molecule has 0 radical (unpaired) electrons. The van der Waals surface area contributed by atoms with Crippen LogP contribution in [0.25, 0.3) is 11.3 Å². The number of anilines is 1. The number of amides is 1. The Morgan fingerprint density at radius 2 is 2.04 bits per heavy atom. The number of aryl methyl sites for hydroxylation is 2. The number of hydrogen-bond acceptors (Lipinski definition) is 6. The Labute approximate surface area is 161 Å². The normalized spacial score (nSPS) is 10.6. The molecule has 27 heavy (non-hydrogen) atoms. The van der Waals surface area contributed by atoms with Crippen LogP contribution >= 0.6 is 11.3 Å². The third-order valence-corrected chi connectivity index (χ3v) is 4.66. The summed E-state index contributed by atoms with van der Waals surface area (Å²) in [5.74, 6) is -0.631. The molecule has 7 nitrogen and oxygen atoms in total. The van der Waals surface area contributed by atoms with Gasteiger partial charge in [-0.1, -0.05) is 41.7 Å². The van der Waals surface area contributed by atoms with Crippen LogP contribution in [-0.4, -0.2) is 33.2 Å². The summed E-state index contributed by atoms with van der Waals surface area (Å²) in [5, 5.41) is 7.30. The molecule has 0 aliphatic carbocycles. The molecular formula is C19H20N4O3S. The highest BCUT2D eigenvalue weighted by Crippen LogP contribution is 2.31. The molecule has 1 aromatic carbocycles. The second-order valence-corrected chi connectivity index (χ2v) is 6.86. The van der Waals surface area contributed by atoms with Crippen molar-refractivity contribution in [2.24, 2.45) is 0 Å². The van der Waals surface area contributed by atoms with Gasteiger partial charge in [0.2, 0.25) is 5.91 Å². The molecule has 0 aliphatic rings. The van der Waals surface area contributed by atoms with Gasteiger partial charge in [0.15, 0.2) is 5.13 Å². The van der Waals surface area contributed by atoms with Crippen LogP contribution in [0.5, 0.6) is 0 Å². The fourth-order valence-corrected chi connectivity index (χ4v) is 3.38. The third-order valence-electron chi connectivity index (χ3n) is 3.71. The van der Waals surface area contributed by atoms with Gasteiger partial charge in [-0.05, 0) is 19.4 Å². The zero-order valence-electron chi connectivity index (χ0n) is 15.1. The molecule has 1 amide bonds. The summed E-state index contributed by atoms with van der Waals surface area (Å²) in [7, 11) is 0. The van der Waals surface area contributed by atoms with E-state index in [1.807, 2.05) is 43.5 Å². The van der Waals surface area contributed by atoms with Gasteiger partial charge in [-0.15, -0.1) is 0 Å². The summed E-state index contributed by atoms with van der Waals surface area (Å²) in [6.07, 6.45) is 3.88. The lowest BCUT2D eigenvalue weighted by Crippen LogP contribution is -2.14. The van der Waals surface area contributed by atoms with Gasteiger partial charge in [-0.25, -0.2) is 9.78 Å². The van der Waals surface area contributed by atoms with Crippen LogP contribution < -0.4 is 5.32 Å². The maximum atomic E-state index is 12.3. The van der Waals surface area contributed by atoms with E-state index in [0.29, 0.717) is 22.2 Å².